The molecule has 0 spiro atoms. The van der Waals surface area contributed by atoms with Crippen LogP contribution in [0.4, 0.5) is 5.82 Å². The number of aromatic amines is 1. The fraction of sp³-hybridized carbons (Fsp3) is 0.667. The highest BCUT2D eigenvalue weighted by molar-refractivity contribution is 5.38. The molecule has 2 rings (SSSR count). The third-order valence-corrected chi connectivity index (χ3v) is 3.08. The molecule has 0 amide bonds. The molecule has 5 heteroatoms. The fourth-order valence-electron chi connectivity index (χ4n) is 2.12. The number of hydrogen-bond donors (Lipinski definition) is 2. The molecule has 1 aromatic heterocycles. The highest BCUT2D eigenvalue weighted by Crippen LogP contribution is 2.17. The lowest BCUT2D eigenvalue weighted by Crippen LogP contribution is -2.43. The molecule has 1 saturated heterocycles. The molecule has 2 heterocycles. The number of hydrogen-bond acceptors (Lipinski definition) is 4. The summed E-state index contributed by atoms with van der Waals surface area (Å²) in [5.41, 5.74) is 5.86. The van der Waals surface area contributed by atoms with Crippen molar-refractivity contribution in [3.05, 3.63) is 22.2 Å². The molecule has 0 bridgehead atoms. The van der Waals surface area contributed by atoms with Crippen molar-refractivity contribution in [1.29, 1.82) is 0 Å². The second kappa shape index (κ2) is 4.87. The van der Waals surface area contributed by atoms with Gasteiger partial charge in [-0.1, -0.05) is 13.8 Å². The van der Waals surface area contributed by atoms with Gasteiger partial charge in [-0.3, -0.25) is 4.79 Å². The summed E-state index contributed by atoms with van der Waals surface area (Å²) in [4.78, 5) is 21.0. The Morgan fingerprint density at radius 1 is 1.59 bits per heavy atom. The van der Waals surface area contributed by atoms with E-state index < -0.39 is 0 Å². The molecule has 5 nitrogen and oxygen atoms in total. The Morgan fingerprint density at radius 3 is 3.00 bits per heavy atom. The molecule has 1 aliphatic rings. The maximum absolute atomic E-state index is 11.6. The molecule has 1 aromatic rings. The molecule has 1 aliphatic heterocycles. The summed E-state index contributed by atoms with van der Waals surface area (Å²) in [7, 11) is 0. The first-order chi connectivity index (χ1) is 8.06. The minimum atomic E-state index is -0.0853. The van der Waals surface area contributed by atoms with E-state index in [-0.39, 0.29) is 17.5 Å². The Kier molecular flexibility index (Phi) is 3.47. The van der Waals surface area contributed by atoms with E-state index in [0.29, 0.717) is 0 Å². The van der Waals surface area contributed by atoms with Crippen LogP contribution in [0.2, 0.25) is 0 Å². The third kappa shape index (κ3) is 2.85. The quantitative estimate of drug-likeness (QED) is 0.797. The molecule has 0 saturated carbocycles. The second-order valence-electron chi connectivity index (χ2n) is 4.99. The van der Waals surface area contributed by atoms with Gasteiger partial charge >= 0.3 is 0 Å². The normalized spacial score (nSPS) is 20.9. The zero-order valence-electron chi connectivity index (χ0n) is 10.4. The van der Waals surface area contributed by atoms with Crippen molar-refractivity contribution in [1.82, 2.24) is 9.97 Å². The van der Waals surface area contributed by atoms with E-state index in [4.69, 9.17) is 5.73 Å². The zero-order valence-corrected chi connectivity index (χ0v) is 10.4. The molecule has 0 radical (unpaired) electrons. The van der Waals surface area contributed by atoms with E-state index in [1.807, 2.05) is 13.8 Å². The molecular weight excluding hydrogens is 216 g/mol. The number of anilines is 1. The fourth-order valence-corrected chi connectivity index (χ4v) is 2.12. The van der Waals surface area contributed by atoms with Gasteiger partial charge in [-0.15, -0.1) is 0 Å². The van der Waals surface area contributed by atoms with Gasteiger partial charge in [-0.25, -0.2) is 4.98 Å². The summed E-state index contributed by atoms with van der Waals surface area (Å²) >= 11 is 0. The van der Waals surface area contributed by atoms with Crippen molar-refractivity contribution in [2.24, 2.45) is 5.73 Å². The van der Waals surface area contributed by atoms with Crippen LogP contribution in [-0.4, -0.2) is 29.1 Å². The van der Waals surface area contributed by atoms with Gasteiger partial charge in [0.1, 0.15) is 11.6 Å². The lowest BCUT2D eigenvalue weighted by atomic mass is 10.1. The van der Waals surface area contributed by atoms with Crippen molar-refractivity contribution in [2.75, 3.05) is 18.0 Å². The summed E-state index contributed by atoms with van der Waals surface area (Å²) in [5, 5.41) is 0. The summed E-state index contributed by atoms with van der Waals surface area (Å²) < 4.78 is 0. The summed E-state index contributed by atoms with van der Waals surface area (Å²) in [6.45, 7) is 5.75. The number of nitrogens with zero attached hydrogens (tertiary/aromatic N) is 2. The second-order valence-corrected chi connectivity index (χ2v) is 4.99. The van der Waals surface area contributed by atoms with Gasteiger partial charge in [0.15, 0.2) is 0 Å². The number of aromatic nitrogens is 2. The Balaban J connectivity index is 2.28. The third-order valence-electron chi connectivity index (χ3n) is 3.08. The maximum Gasteiger partial charge on any atom is 0.252 e. The highest BCUT2D eigenvalue weighted by atomic mass is 16.1. The van der Waals surface area contributed by atoms with E-state index in [2.05, 4.69) is 14.9 Å². The van der Waals surface area contributed by atoms with Crippen LogP contribution in [-0.2, 0) is 0 Å². The molecule has 1 unspecified atom stereocenters. The van der Waals surface area contributed by atoms with Crippen molar-refractivity contribution >= 4 is 5.82 Å². The standard InChI is InChI=1S/C12H20N4O/c1-8(2)12-14-10(6-11(17)15-12)16-5-3-4-9(13)7-16/h6,8-9H,3-5,7,13H2,1-2H3,(H,14,15,17). The van der Waals surface area contributed by atoms with Crippen LogP contribution >= 0.6 is 0 Å². The topological polar surface area (TPSA) is 75.0 Å². The van der Waals surface area contributed by atoms with Gasteiger partial charge in [-0.05, 0) is 12.8 Å². The minimum Gasteiger partial charge on any atom is -0.355 e. The van der Waals surface area contributed by atoms with E-state index in [1.165, 1.54) is 0 Å². The van der Waals surface area contributed by atoms with E-state index in [1.54, 1.807) is 6.07 Å². The summed E-state index contributed by atoms with van der Waals surface area (Å²) in [5.74, 6) is 1.72. The van der Waals surface area contributed by atoms with Crippen molar-refractivity contribution in [3.63, 3.8) is 0 Å². The summed E-state index contributed by atoms with van der Waals surface area (Å²) in [6, 6.07) is 1.75. The van der Waals surface area contributed by atoms with Gasteiger partial charge < -0.3 is 15.6 Å². The maximum atomic E-state index is 11.6. The Morgan fingerprint density at radius 2 is 2.35 bits per heavy atom. The molecule has 17 heavy (non-hydrogen) atoms. The van der Waals surface area contributed by atoms with Crippen LogP contribution in [0.15, 0.2) is 10.9 Å². The van der Waals surface area contributed by atoms with Gasteiger partial charge in [-0.2, -0.15) is 0 Å². The smallest absolute Gasteiger partial charge is 0.252 e. The average molecular weight is 236 g/mol. The van der Waals surface area contributed by atoms with Crippen LogP contribution in [0.3, 0.4) is 0 Å². The first kappa shape index (κ1) is 12.1. The summed E-state index contributed by atoms with van der Waals surface area (Å²) in [6.07, 6.45) is 2.11. The molecule has 0 aliphatic carbocycles. The van der Waals surface area contributed by atoms with Crippen LogP contribution in [0.5, 0.6) is 0 Å². The predicted molar refractivity (Wildman–Crippen MR) is 68.4 cm³/mol. The number of nitrogens with two attached hydrogens (primary N) is 1. The van der Waals surface area contributed by atoms with E-state index in [9.17, 15) is 4.79 Å². The molecular formula is C12H20N4O. The first-order valence-corrected chi connectivity index (χ1v) is 6.18. The lowest BCUT2D eigenvalue weighted by Gasteiger charge is -2.31. The first-order valence-electron chi connectivity index (χ1n) is 6.18. The monoisotopic (exact) mass is 236 g/mol. The van der Waals surface area contributed by atoms with Crippen molar-refractivity contribution in [2.45, 2.75) is 38.6 Å². The number of piperidine rings is 1. The lowest BCUT2D eigenvalue weighted by molar-refractivity contribution is 0.502. The Hall–Kier alpha value is -1.36. The zero-order chi connectivity index (χ0) is 12.4. The van der Waals surface area contributed by atoms with E-state index in [0.717, 1.165) is 37.6 Å². The van der Waals surface area contributed by atoms with Crippen LogP contribution in [0, 0.1) is 0 Å². The molecule has 3 N–H and O–H groups in total. The van der Waals surface area contributed by atoms with Crippen LogP contribution < -0.4 is 16.2 Å². The predicted octanol–water partition coefficient (Wildman–Crippen LogP) is 0.821. The van der Waals surface area contributed by atoms with Crippen molar-refractivity contribution < 1.29 is 0 Å². The Labute approximate surface area is 101 Å². The van der Waals surface area contributed by atoms with Gasteiger partial charge in [0.05, 0.1) is 0 Å². The number of nitrogens with one attached hydrogen (secondary N) is 1. The van der Waals surface area contributed by atoms with Gasteiger partial charge in [0.25, 0.3) is 5.56 Å². The van der Waals surface area contributed by atoms with Gasteiger partial charge in [0, 0.05) is 31.1 Å². The van der Waals surface area contributed by atoms with Crippen molar-refractivity contribution in [3.8, 4) is 0 Å². The average Bonchev–Trinajstić information content (AvgIpc) is 2.28. The highest BCUT2D eigenvalue weighted by Gasteiger charge is 2.19. The van der Waals surface area contributed by atoms with Gasteiger partial charge in [0.2, 0.25) is 0 Å². The molecule has 1 fully saturated rings. The Bertz CT molecular complexity index is 440. The van der Waals surface area contributed by atoms with E-state index >= 15 is 0 Å². The SMILES string of the molecule is CC(C)c1nc(N2CCCC(N)C2)cc(=O)[nH]1. The number of rotatable bonds is 2. The van der Waals surface area contributed by atoms with Crippen LogP contribution in [0.1, 0.15) is 38.4 Å². The largest absolute Gasteiger partial charge is 0.355 e. The molecule has 1 atom stereocenters. The van der Waals surface area contributed by atoms with Crippen LogP contribution in [0.25, 0.3) is 0 Å². The molecule has 94 valence electrons. The number of H-pyrrole nitrogens is 1. The molecule has 0 aromatic carbocycles. The minimum absolute atomic E-state index is 0.0853.